The van der Waals surface area contributed by atoms with Gasteiger partial charge in [-0.3, -0.25) is 0 Å². The molecule has 1 heterocycles. The van der Waals surface area contributed by atoms with E-state index in [1.807, 2.05) is 24.3 Å². The van der Waals surface area contributed by atoms with Gasteiger partial charge in [0.2, 0.25) is 10.0 Å². The molecule has 2 N–H and O–H groups in total. The molecule has 128 valence electrons. The Hall–Kier alpha value is -2.12. The summed E-state index contributed by atoms with van der Waals surface area (Å²) in [6.45, 7) is 2.91. The third-order valence-corrected chi connectivity index (χ3v) is 5.98. The van der Waals surface area contributed by atoms with E-state index in [0.29, 0.717) is 6.42 Å². The summed E-state index contributed by atoms with van der Waals surface area (Å²) < 4.78 is 33.6. The Morgan fingerprint density at radius 1 is 1.25 bits per heavy atom. The van der Waals surface area contributed by atoms with Gasteiger partial charge in [-0.25, -0.2) is 17.9 Å². The highest BCUT2D eigenvalue weighted by Crippen LogP contribution is 2.33. The Morgan fingerprint density at radius 2 is 1.96 bits per heavy atom. The van der Waals surface area contributed by atoms with Gasteiger partial charge in [-0.1, -0.05) is 24.3 Å². The summed E-state index contributed by atoms with van der Waals surface area (Å²) in [5.41, 5.74) is 1.76. The average molecular weight is 349 g/mol. The van der Waals surface area contributed by atoms with E-state index in [0.717, 1.165) is 24.0 Å². The Labute approximate surface area is 140 Å². The van der Waals surface area contributed by atoms with E-state index in [9.17, 15) is 18.3 Å². The molecule has 0 amide bonds. The van der Waals surface area contributed by atoms with Gasteiger partial charge in [0, 0.05) is 6.04 Å². The number of furan rings is 1. The lowest BCUT2D eigenvalue weighted by atomic mass is 9.88. The molecule has 1 aliphatic carbocycles. The van der Waals surface area contributed by atoms with Crippen molar-refractivity contribution in [2.45, 2.75) is 44.0 Å². The zero-order valence-electron chi connectivity index (χ0n) is 13.5. The van der Waals surface area contributed by atoms with Gasteiger partial charge >= 0.3 is 5.97 Å². The Morgan fingerprint density at radius 3 is 2.67 bits per heavy atom. The number of rotatable bonds is 4. The lowest BCUT2D eigenvalue weighted by Crippen LogP contribution is -2.32. The molecule has 0 saturated carbocycles. The molecule has 7 heteroatoms. The minimum Gasteiger partial charge on any atom is -0.478 e. The van der Waals surface area contributed by atoms with Crippen LogP contribution in [0.25, 0.3) is 0 Å². The van der Waals surface area contributed by atoms with Crippen LogP contribution in [0.4, 0.5) is 0 Å². The fraction of sp³-hybridized carbons (Fsp3) is 0.353. The number of carbonyl (C=O) groups is 1. The van der Waals surface area contributed by atoms with Gasteiger partial charge < -0.3 is 9.52 Å². The first kappa shape index (κ1) is 16.7. The summed E-state index contributed by atoms with van der Waals surface area (Å²) in [6.07, 6.45) is 2.46. The third kappa shape index (κ3) is 2.85. The molecule has 1 unspecified atom stereocenters. The van der Waals surface area contributed by atoms with Crippen LogP contribution in [0.15, 0.2) is 33.6 Å². The van der Waals surface area contributed by atoms with E-state index in [4.69, 9.17) is 4.42 Å². The summed E-state index contributed by atoms with van der Waals surface area (Å²) >= 11 is 0. The monoisotopic (exact) mass is 349 g/mol. The zero-order valence-corrected chi connectivity index (χ0v) is 14.3. The maximum atomic E-state index is 12.8. The Kier molecular flexibility index (Phi) is 4.23. The largest absolute Gasteiger partial charge is 0.478 e. The van der Waals surface area contributed by atoms with E-state index in [1.165, 1.54) is 13.8 Å². The number of hydrogen-bond donors (Lipinski definition) is 2. The molecule has 0 saturated heterocycles. The van der Waals surface area contributed by atoms with Crippen LogP contribution >= 0.6 is 0 Å². The molecular weight excluding hydrogens is 330 g/mol. The second kappa shape index (κ2) is 6.07. The van der Waals surface area contributed by atoms with Crippen molar-refractivity contribution in [2.75, 3.05) is 0 Å². The number of sulfonamides is 1. The van der Waals surface area contributed by atoms with Crippen molar-refractivity contribution in [3.63, 3.8) is 0 Å². The van der Waals surface area contributed by atoms with Crippen LogP contribution in [0.2, 0.25) is 0 Å². The summed E-state index contributed by atoms with van der Waals surface area (Å²) in [5.74, 6) is -1.14. The van der Waals surface area contributed by atoms with E-state index in [-0.39, 0.29) is 28.0 Å². The van der Waals surface area contributed by atoms with Gasteiger partial charge in [0.25, 0.3) is 0 Å². The fourth-order valence-electron chi connectivity index (χ4n) is 3.36. The second-order valence-corrected chi connectivity index (χ2v) is 7.64. The van der Waals surface area contributed by atoms with Crippen molar-refractivity contribution in [3.05, 3.63) is 52.5 Å². The standard InChI is InChI=1S/C17H19NO5S/c1-10-15(17(19)20)16(11(2)23-10)24(21,22)18-14-9-5-7-12-6-3-4-8-13(12)14/h3-4,6,8,14,18H,5,7,9H2,1-2H3,(H,19,20). The number of nitrogens with one attached hydrogen (secondary N) is 1. The molecule has 0 fully saturated rings. The molecular formula is C17H19NO5S. The SMILES string of the molecule is Cc1oc(C)c(S(=O)(=O)NC2CCCc3ccccc32)c1C(=O)O. The number of aryl methyl sites for hydroxylation is 3. The van der Waals surface area contributed by atoms with Crippen LogP contribution in [0.1, 0.15) is 51.9 Å². The first-order valence-electron chi connectivity index (χ1n) is 7.74. The van der Waals surface area contributed by atoms with Crippen molar-refractivity contribution >= 4 is 16.0 Å². The van der Waals surface area contributed by atoms with Crippen molar-refractivity contribution in [2.24, 2.45) is 0 Å². The first-order valence-corrected chi connectivity index (χ1v) is 9.23. The summed E-state index contributed by atoms with van der Waals surface area (Å²) in [5, 5.41) is 9.33. The average Bonchev–Trinajstić information content (AvgIpc) is 2.83. The lowest BCUT2D eigenvalue weighted by molar-refractivity contribution is 0.0691. The van der Waals surface area contributed by atoms with Gasteiger partial charge in [-0.2, -0.15) is 0 Å². The van der Waals surface area contributed by atoms with Crippen LogP contribution in [0.5, 0.6) is 0 Å². The molecule has 0 bridgehead atoms. The van der Waals surface area contributed by atoms with Gasteiger partial charge in [0.1, 0.15) is 22.0 Å². The normalized spacial score (nSPS) is 17.5. The molecule has 1 aromatic heterocycles. The maximum absolute atomic E-state index is 12.8. The predicted molar refractivity (Wildman–Crippen MR) is 87.6 cm³/mol. The molecule has 2 aromatic rings. The second-order valence-electron chi connectivity index (χ2n) is 5.99. The summed E-state index contributed by atoms with van der Waals surface area (Å²) in [7, 11) is -4.01. The topological polar surface area (TPSA) is 96.6 Å². The Bertz CT molecular complexity index is 898. The van der Waals surface area contributed by atoms with Crippen LogP contribution in [-0.4, -0.2) is 19.5 Å². The zero-order chi connectivity index (χ0) is 17.5. The number of fused-ring (bicyclic) bond motifs is 1. The minimum absolute atomic E-state index is 0.0847. The fourth-order valence-corrected chi connectivity index (χ4v) is 5.01. The van der Waals surface area contributed by atoms with E-state index in [1.54, 1.807) is 0 Å². The van der Waals surface area contributed by atoms with Gasteiger partial charge in [-0.15, -0.1) is 0 Å². The van der Waals surface area contributed by atoms with Gasteiger partial charge in [0.05, 0.1) is 0 Å². The molecule has 0 aliphatic heterocycles. The molecule has 24 heavy (non-hydrogen) atoms. The summed E-state index contributed by atoms with van der Waals surface area (Å²) in [6, 6.07) is 7.35. The van der Waals surface area contributed by atoms with Crippen LogP contribution in [-0.2, 0) is 16.4 Å². The highest BCUT2D eigenvalue weighted by molar-refractivity contribution is 7.89. The smallest absolute Gasteiger partial charge is 0.340 e. The quantitative estimate of drug-likeness (QED) is 0.884. The maximum Gasteiger partial charge on any atom is 0.340 e. The lowest BCUT2D eigenvalue weighted by Gasteiger charge is -2.26. The number of benzene rings is 1. The predicted octanol–water partition coefficient (Wildman–Crippen LogP) is 2.95. The highest BCUT2D eigenvalue weighted by atomic mass is 32.2. The number of carboxylic acids is 1. The minimum atomic E-state index is -4.01. The molecule has 3 rings (SSSR count). The van der Waals surface area contributed by atoms with Gasteiger partial charge in [0.15, 0.2) is 0 Å². The third-order valence-electron chi connectivity index (χ3n) is 4.35. The van der Waals surface area contributed by atoms with Crippen molar-refractivity contribution < 1.29 is 22.7 Å². The molecule has 6 nitrogen and oxygen atoms in total. The van der Waals surface area contributed by atoms with Crippen LogP contribution in [0, 0.1) is 13.8 Å². The van der Waals surface area contributed by atoms with Crippen LogP contribution < -0.4 is 4.72 Å². The summed E-state index contributed by atoms with van der Waals surface area (Å²) in [4.78, 5) is 11.2. The van der Waals surface area contributed by atoms with E-state index in [2.05, 4.69) is 4.72 Å². The van der Waals surface area contributed by atoms with E-state index >= 15 is 0 Å². The van der Waals surface area contributed by atoms with E-state index < -0.39 is 16.0 Å². The molecule has 0 spiro atoms. The molecule has 1 aliphatic rings. The number of aromatic carboxylic acids is 1. The Balaban J connectivity index is 2.01. The van der Waals surface area contributed by atoms with Crippen LogP contribution in [0.3, 0.4) is 0 Å². The van der Waals surface area contributed by atoms with Crippen molar-refractivity contribution in [1.82, 2.24) is 4.72 Å². The van der Waals surface area contributed by atoms with Crippen molar-refractivity contribution in [3.8, 4) is 0 Å². The molecule has 1 aromatic carbocycles. The number of carboxylic acid groups (broad SMARTS) is 1. The highest BCUT2D eigenvalue weighted by Gasteiger charge is 2.33. The van der Waals surface area contributed by atoms with Crippen molar-refractivity contribution in [1.29, 1.82) is 0 Å². The van der Waals surface area contributed by atoms with Gasteiger partial charge in [-0.05, 0) is 44.2 Å². The molecule has 0 radical (unpaired) electrons. The molecule has 1 atom stereocenters. The first-order chi connectivity index (χ1) is 11.3. The number of hydrogen-bond acceptors (Lipinski definition) is 4.